The summed E-state index contributed by atoms with van der Waals surface area (Å²) in [6.07, 6.45) is -7.16. The number of urea groups is 1. The Kier molecular flexibility index (Phi) is 10.6. The van der Waals surface area contributed by atoms with Crippen molar-refractivity contribution in [2.45, 2.75) is 58.0 Å². The average molecular weight is 689 g/mol. The smallest absolute Gasteiger partial charge is 0.497 e. The van der Waals surface area contributed by atoms with Crippen LogP contribution in [0.1, 0.15) is 50.4 Å². The summed E-state index contributed by atoms with van der Waals surface area (Å²) in [6, 6.07) is 15.4. The fraction of sp³-hybridized carbons (Fsp3) is 0.333. The number of hydrogen-bond donors (Lipinski definition) is 1. The van der Waals surface area contributed by atoms with Crippen LogP contribution in [0.3, 0.4) is 0 Å². The molecule has 1 N–H and O–H groups in total. The number of aromatic nitrogens is 3. The Hall–Kier alpha value is -4.66. The Morgan fingerprint density at radius 1 is 1.04 bits per heavy atom. The number of amides is 2. The average Bonchev–Trinajstić information content (AvgIpc) is 3.54. The minimum absolute atomic E-state index is 0.0107. The summed E-state index contributed by atoms with van der Waals surface area (Å²) in [5, 5.41) is 6.72. The number of benzene rings is 3. The van der Waals surface area contributed by atoms with Crippen LogP contribution in [0.5, 0.6) is 11.5 Å². The first-order chi connectivity index (χ1) is 22.8. The lowest BCUT2D eigenvalue weighted by Gasteiger charge is -2.37. The van der Waals surface area contributed by atoms with Crippen LogP contribution in [0.15, 0.2) is 78.0 Å². The number of hydrogen-bond acceptors (Lipinski definition) is 6. The number of carbonyl (C=O) groups is 1. The zero-order chi connectivity index (χ0) is 34.6. The van der Waals surface area contributed by atoms with E-state index in [-0.39, 0.29) is 29.1 Å². The van der Waals surface area contributed by atoms with Crippen molar-refractivity contribution in [2.75, 3.05) is 17.8 Å². The predicted molar refractivity (Wildman–Crippen MR) is 174 cm³/mol. The molecule has 0 spiro atoms. The van der Waals surface area contributed by atoms with E-state index in [4.69, 9.17) is 4.74 Å². The van der Waals surface area contributed by atoms with Crippen molar-refractivity contribution in [3.63, 3.8) is 0 Å². The summed E-state index contributed by atoms with van der Waals surface area (Å²) in [7, 11) is 1.59. The molecule has 9 nitrogen and oxygen atoms in total. The summed E-state index contributed by atoms with van der Waals surface area (Å²) in [4.78, 5) is 23.2. The van der Waals surface area contributed by atoms with Crippen LogP contribution in [0.25, 0.3) is 17.1 Å². The molecule has 3 atom stereocenters. The van der Waals surface area contributed by atoms with Gasteiger partial charge in [0.25, 0.3) is 0 Å². The molecule has 0 bridgehead atoms. The molecular formula is C33H33F5N6O3S. The van der Waals surface area contributed by atoms with E-state index < -0.39 is 24.9 Å². The maximum absolute atomic E-state index is 15.2. The van der Waals surface area contributed by atoms with Crippen LogP contribution < -0.4 is 19.7 Å². The van der Waals surface area contributed by atoms with Crippen molar-refractivity contribution >= 4 is 28.6 Å². The highest BCUT2D eigenvalue weighted by Gasteiger charge is 2.32. The lowest BCUT2D eigenvalue weighted by atomic mass is 9.99. The Morgan fingerprint density at radius 2 is 1.73 bits per heavy atom. The molecule has 2 amide bonds. The molecule has 0 saturated carbocycles. The van der Waals surface area contributed by atoms with Crippen LogP contribution in [-0.2, 0) is 0 Å². The quantitative estimate of drug-likeness (QED) is 0.140. The number of alkyl halides is 5. The molecule has 48 heavy (non-hydrogen) atoms. The maximum atomic E-state index is 15.2. The molecule has 1 aliphatic rings. The third-order valence-corrected chi connectivity index (χ3v) is 8.55. The topological polar surface area (TPSA) is 93.9 Å². The van der Waals surface area contributed by atoms with E-state index in [0.29, 0.717) is 27.9 Å². The number of nitrogens with zero attached hydrogens (tertiary/aromatic N) is 5. The molecule has 1 fully saturated rings. The lowest BCUT2D eigenvalue weighted by molar-refractivity contribution is -0.274. The van der Waals surface area contributed by atoms with Crippen LogP contribution in [0, 0.1) is 0 Å². The molecule has 3 unspecified atom stereocenters. The van der Waals surface area contributed by atoms with Gasteiger partial charge in [0.2, 0.25) is 6.30 Å². The Morgan fingerprint density at radius 3 is 2.38 bits per heavy atom. The van der Waals surface area contributed by atoms with Gasteiger partial charge in [0.05, 0.1) is 12.8 Å². The van der Waals surface area contributed by atoms with Gasteiger partial charge in [0, 0.05) is 23.0 Å². The molecule has 1 saturated heterocycles. The van der Waals surface area contributed by atoms with Crippen molar-refractivity contribution in [1.29, 1.82) is 0 Å². The molecule has 0 radical (unpaired) electrons. The van der Waals surface area contributed by atoms with Crippen molar-refractivity contribution in [1.82, 2.24) is 20.1 Å². The molecule has 15 heteroatoms. The maximum Gasteiger partial charge on any atom is 0.573 e. The number of halogens is 5. The Balaban J connectivity index is 1.25. The van der Waals surface area contributed by atoms with E-state index in [1.54, 1.807) is 7.11 Å². The number of nitrogens with one attached hydrogen (secondary N) is 1. The normalized spacial score (nSPS) is 17.3. The van der Waals surface area contributed by atoms with E-state index in [1.165, 1.54) is 59.2 Å². The minimum Gasteiger partial charge on any atom is -0.497 e. The number of amidine groups is 1. The first-order valence-electron chi connectivity index (χ1n) is 15.0. The van der Waals surface area contributed by atoms with Gasteiger partial charge in [0.15, 0.2) is 17.2 Å². The van der Waals surface area contributed by atoms with Gasteiger partial charge in [-0.05, 0) is 72.9 Å². The molecule has 3 aromatic carbocycles. The van der Waals surface area contributed by atoms with Crippen molar-refractivity contribution in [3.8, 4) is 28.6 Å². The number of carbonyl (C=O) groups excluding carboxylic acids is 1. The first kappa shape index (κ1) is 34.7. The van der Waals surface area contributed by atoms with Gasteiger partial charge in [-0.2, -0.15) is 4.99 Å². The van der Waals surface area contributed by atoms with Crippen molar-refractivity contribution < 1.29 is 36.2 Å². The van der Waals surface area contributed by atoms with E-state index in [1.807, 2.05) is 35.3 Å². The molecule has 1 aromatic heterocycles. The summed E-state index contributed by atoms with van der Waals surface area (Å²) in [5.74, 6) is 1.43. The van der Waals surface area contributed by atoms with Gasteiger partial charge < -0.3 is 19.7 Å². The number of aliphatic imine (C=N–C) groups is 1. The number of methoxy groups -OCH3 is 1. The zero-order valence-corrected chi connectivity index (χ0v) is 27.2. The number of thioether (sulfide) groups is 1. The fourth-order valence-electron chi connectivity index (χ4n) is 5.09. The monoisotopic (exact) mass is 688 g/mol. The van der Waals surface area contributed by atoms with E-state index in [0.717, 1.165) is 29.8 Å². The van der Waals surface area contributed by atoms with Gasteiger partial charge in [-0.1, -0.05) is 49.9 Å². The molecule has 4 aromatic rings. The van der Waals surface area contributed by atoms with Gasteiger partial charge in [0.1, 0.15) is 17.8 Å². The number of rotatable bonds is 9. The summed E-state index contributed by atoms with van der Waals surface area (Å²) in [5.41, 5.74) is 2.75. The molecule has 2 heterocycles. The van der Waals surface area contributed by atoms with Crippen LogP contribution in [-0.4, -0.2) is 57.5 Å². The SMILES string of the molecule is COc1ccc(N2/C(=N/C(=O)NC(F)C(F)c3ccc(-c4ncn(-c5ccc(OC(F)(F)F)cc5)n4)cc3)SCCC2C)c(C(C)C)c1. The van der Waals surface area contributed by atoms with Gasteiger partial charge in [-0.25, -0.2) is 23.2 Å². The second kappa shape index (κ2) is 14.6. The molecule has 1 aliphatic heterocycles. The largest absolute Gasteiger partial charge is 0.573 e. The minimum atomic E-state index is -4.81. The van der Waals surface area contributed by atoms with Gasteiger partial charge in [-0.15, -0.1) is 18.3 Å². The van der Waals surface area contributed by atoms with Crippen LogP contribution >= 0.6 is 11.8 Å². The highest BCUT2D eigenvalue weighted by molar-refractivity contribution is 8.14. The van der Waals surface area contributed by atoms with E-state index >= 15 is 8.78 Å². The summed E-state index contributed by atoms with van der Waals surface area (Å²) in [6.45, 7) is 6.13. The predicted octanol–water partition coefficient (Wildman–Crippen LogP) is 8.37. The fourth-order valence-corrected chi connectivity index (χ4v) is 6.30. The highest BCUT2D eigenvalue weighted by atomic mass is 32.2. The lowest BCUT2D eigenvalue weighted by Crippen LogP contribution is -2.43. The first-order valence-corrected chi connectivity index (χ1v) is 16.0. The Bertz CT molecular complexity index is 1750. The Labute approximate surface area is 278 Å². The summed E-state index contributed by atoms with van der Waals surface area (Å²) >= 11 is 1.37. The van der Waals surface area contributed by atoms with E-state index in [2.05, 4.69) is 33.7 Å². The standard InChI is InChI=1S/C33H33F5N6O3S/c1-19(2)26-17-25(46-4)13-14-27(26)44-20(3)15-16-48-32(44)41-31(45)40-29(35)28(34)21-5-7-22(8-6-21)30-39-18-43(42-30)23-9-11-24(12-10-23)47-33(36,37)38/h5-14,17-20,28-29H,15-16H2,1-4H3,(H,40,45)/b41-32-. The van der Waals surface area contributed by atoms with E-state index in [9.17, 15) is 18.0 Å². The second-order valence-electron chi connectivity index (χ2n) is 11.3. The van der Waals surface area contributed by atoms with Crippen LogP contribution in [0.2, 0.25) is 0 Å². The van der Waals surface area contributed by atoms with Crippen molar-refractivity contribution in [2.24, 2.45) is 4.99 Å². The summed E-state index contributed by atoms with van der Waals surface area (Å²) < 4.78 is 78.2. The molecule has 5 rings (SSSR count). The third kappa shape index (κ3) is 8.24. The number of ether oxygens (including phenoxy) is 2. The highest BCUT2D eigenvalue weighted by Crippen LogP contribution is 2.37. The zero-order valence-electron chi connectivity index (χ0n) is 26.4. The molecule has 254 valence electrons. The molecular weight excluding hydrogens is 655 g/mol. The van der Waals surface area contributed by atoms with Gasteiger partial charge in [-0.3, -0.25) is 0 Å². The third-order valence-electron chi connectivity index (χ3n) is 7.56. The number of anilines is 1. The second-order valence-corrected chi connectivity index (χ2v) is 12.3. The van der Waals surface area contributed by atoms with Crippen molar-refractivity contribution in [3.05, 3.63) is 84.2 Å². The van der Waals surface area contributed by atoms with Gasteiger partial charge >= 0.3 is 12.4 Å². The molecule has 0 aliphatic carbocycles. The van der Waals surface area contributed by atoms with Crippen LogP contribution in [0.4, 0.5) is 32.4 Å².